The van der Waals surface area contributed by atoms with Gasteiger partial charge in [0.05, 0.1) is 18.0 Å². The molecule has 1 aromatic carbocycles. The molecule has 4 N–H and O–H groups in total. The molecule has 4 aliphatic rings. The van der Waals surface area contributed by atoms with E-state index in [1.165, 1.54) is 28.1 Å². The number of rotatable bonds is 11. The van der Waals surface area contributed by atoms with E-state index in [9.17, 15) is 32.7 Å². The number of alkyl halides is 3. The number of carbonyl (C=O) groups excluding carboxylic acids is 2. The summed E-state index contributed by atoms with van der Waals surface area (Å²) in [6.45, 7) is 14.6. The molecular weight excluding hydrogens is 900 g/mol. The summed E-state index contributed by atoms with van der Waals surface area (Å²) in [5.74, 6) is -0.419. The van der Waals surface area contributed by atoms with E-state index in [0.717, 1.165) is 64.0 Å². The number of aliphatic hydroxyl groups is 1. The van der Waals surface area contributed by atoms with Crippen LogP contribution in [0.1, 0.15) is 93.0 Å². The van der Waals surface area contributed by atoms with E-state index >= 15 is 0 Å². The van der Waals surface area contributed by atoms with E-state index in [2.05, 4.69) is 62.2 Å². The van der Waals surface area contributed by atoms with Gasteiger partial charge in [0.2, 0.25) is 5.91 Å². The van der Waals surface area contributed by atoms with E-state index < -0.39 is 29.7 Å². The number of hydrogen-bond acceptors (Lipinski definition) is 11. The molecule has 5 aromatic rings. The van der Waals surface area contributed by atoms with Crippen molar-refractivity contribution in [3.8, 4) is 11.3 Å². The maximum atomic E-state index is 14.1. The smallest absolute Gasteiger partial charge is 0.392 e. The molecule has 3 atom stereocenters. The quantitative estimate of drug-likeness (QED) is 0.117. The second kappa shape index (κ2) is 18.3. The summed E-state index contributed by atoms with van der Waals surface area (Å²) in [5, 5.41) is 14.1. The predicted octanol–water partition coefficient (Wildman–Crippen LogP) is 6.97. The number of anilines is 5. The van der Waals surface area contributed by atoms with Crippen LogP contribution in [0.5, 0.6) is 0 Å². The topological polar surface area (TPSA) is 171 Å². The van der Waals surface area contributed by atoms with Gasteiger partial charge in [-0.15, -0.1) is 0 Å². The Labute approximate surface area is 405 Å². The molecule has 0 saturated carbocycles. The SMILES string of the molecule is C[C@H]1CC(N2CCN(c3ccc(Nc4nc(-c5ccnc(N6CCn7c(cc8c7CC(C)(C)C8)C6=O)c5CO)cn(C)c4=O)cc3C=CC(N)=O)[C@@H](C)C2)CCN1c1ccnc(C(C)(C)C(F)(F)F)c1. The van der Waals surface area contributed by atoms with Crippen molar-refractivity contribution in [3.05, 3.63) is 111 Å². The van der Waals surface area contributed by atoms with Crippen LogP contribution in [0, 0.1) is 5.41 Å². The van der Waals surface area contributed by atoms with Crippen molar-refractivity contribution in [3.63, 3.8) is 0 Å². The molecule has 0 bridgehead atoms. The van der Waals surface area contributed by atoms with Crippen LogP contribution in [0.2, 0.25) is 0 Å². The number of hydrogen-bond donors (Lipinski definition) is 3. The molecule has 2 saturated heterocycles. The summed E-state index contributed by atoms with van der Waals surface area (Å²) in [6, 6.07) is 13.2. The van der Waals surface area contributed by atoms with Gasteiger partial charge < -0.3 is 35.1 Å². The maximum Gasteiger partial charge on any atom is 0.399 e. The van der Waals surface area contributed by atoms with Crippen LogP contribution in [-0.2, 0) is 43.3 Å². The average molecular weight is 962 g/mol. The summed E-state index contributed by atoms with van der Waals surface area (Å²) in [6.07, 6.45) is 6.73. The molecule has 1 aliphatic carbocycles. The van der Waals surface area contributed by atoms with Gasteiger partial charge in [-0.3, -0.25) is 29.2 Å². The molecule has 0 spiro atoms. The number of primary amides is 1. The predicted molar refractivity (Wildman–Crippen MR) is 265 cm³/mol. The second-order valence-electron chi connectivity index (χ2n) is 20.8. The minimum absolute atomic E-state index is 0.00434. The summed E-state index contributed by atoms with van der Waals surface area (Å²) >= 11 is 0. The number of nitrogens with one attached hydrogen (secondary N) is 1. The standard InChI is InChI=1S/C52H62F3N11O4/c1-31-22-36(14-17-63(31)37-12-15-57-44(25-37)51(5,6)52(53,54)55)62-18-19-64(32(2)28-62)41-10-9-35(23-33(41)8-11-45(56)68)59-46-49(70)61(7)29-40(60-46)38-13-16-58-47(39(38)30-67)66-21-20-65-42(48(66)69)24-34-26-50(3,4)27-43(34)65/h8-13,15-16,23-25,29,31-32,36,67H,14,17-22,26-28,30H2,1-7H3,(H2,56,68)(H,59,60)/t31-,32-,36?/m0/s1. The minimum Gasteiger partial charge on any atom is -0.392 e. The van der Waals surface area contributed by atoms with Gasteiger partial charge in [-0.05, 0) is 113 Å². The first-order valence-corrected chi connectivity index (χ1v) is 24.0. The van der Waals surface area contributed by atoms with Crippen LogP contribution >= 0.6 is 0 Å². The number of carbonyl (C=O) groups is 2. The highest BCUT2D eigenvalue weighted by molar-refractivity contribution is 6.06. The third-order valence-corrected chi connectivity index (χ3v) is 14.9. The van der Waals surface area contributed by atoms with Gasteiger partial charge in [-0.25, -0.2) is 9.97 Å². The molecule has 7 heterocycles. The summed E-state index contributed by atoms with van der Waals surface area (Å²) in [7, 11) is 1.62. The zero-order valence-electron chi connectivity index (χ0n) is 40.8. The highest BCUT2D eigenvalue weighted by Gasteiger charge is 2.50. The van der Waals surface area contributed by atoms with Crippen molar-refractivity contribution in [2.24, 2.45) is 18.2 Å². The molecule has 18 heteroatoms. The lowest BCUT2D eigenvalue weighted by Gasteiger charge is -2.48. The minimum atomic E-state index is -4.43. The fourth-order valence-corrected chi connectivity index (χ4v) is 11.0. The Bertz CT molecular complexity index is 2940. The van der Waals surface area contributed by atoms with E-state index in [1.54, 1.807) is 48.6 Å². The van der Waals surface area contributed by atoms with Crippen LogP contribution in [0.25, 0.3) is 17.3 Å². The molecule has 4 aromatic heterocycles. The fourth-order valence-electron chi connectivity index (χ4n) is 11.0. The highest BCUT2D eigenvalue weighted by Crippen LogP contribution is 2.42. The highest BCUT2D eigenvalue weighted by atomic mass is 19.4. The lowest BCUT2D eigenvalue weighted by Crippen LogP contribution is -2.58. The number of aryl methyl sites for hydroxylation is 1. The zero-order chi connectivity index (χ0) is 50.0. The van der Waals surface area contributed by atoms with Crippen molar-refractivity contribution in [1.29, 1.82) is 0 Å². The molecule has 2 fully saturated rings. The average Bonchev–Trinajstić information content (AvgIpc) is 3.81. The Kier molecular flexibility index (Phi) is 12.7. The van der Waals surface area contributed by atoms with Crippen LogP contribution in [0.15, 0.2) is 71.9 Å². The first-order valence-electron chi connectivity index (χ1n) is 24.0. The van der Waals surface area contributed by atoms with Crippen molar-refractivity contribution < 1.29 is 27.9 Å². The summed E-state index contributed by atoms with van der Waals surface area (Å²) in [4.78, 5) is 61.9. The number of nitrogens with two attached hydrogens (primary N) is 1. The van der Waals surface area contributed by atoms with Gasteiger partial charge in [-0.1, -0.05) is 13.8 Å². The van der Waals surface area contributed by atoms with Crippen LogP contribution in [0.3, 0.4) is 0 Å². The normalized spacial score (nSPS) is 20.8. The van der Waals surface area contributed by atoms with E-state index in [4.69, 9.17) is 10.7 Å². The Morgan fingerprint density at radius 3 is 2.44 bits per heavy atom. The van der Waals surface area contributed by atoms with Crippen molar-refractivity contribution in [1.82, 2.24) is 29.0 Å². The lowest BCUT2D eigenvalue weighted by molar-refractivity contribution is -0.181. The summed E-state index contributed by atoms with van der Waals surface area (Å²) in [5.41, 5.74) is 10.5. The Morgan fingerprint density at radius 1 is 0.957 bits per heavy atom. The van der Waals surface area contributed by atoms with Gasteiger partial charge in [-0.2, -0.15) is 13.2 Å². The number of halogens is 3. The first-order chi connectivity index (χ1) is 33.1. The second-order valence-corrected chi connectivity index (χ2v) is 20.8. The van der Waals surface area contributed by atoms with Crippen LogP contribution in [0.4, 0.5) is 41.9 Å². The molecule has 0 radical (unpaired) electrons. The lowest BCUT2D eigenvalue weighted by atomic mass is 9.87. The molecule has 2 amide bonds. The number of piperidine rings is 1. The zero-order valence-corrected chi connectivity index (χ0v) is 40.8. The number of fused-ring (bicyclic) bond motifs is 3. The number of pyridine rings is 2. The fraction of sp³-hybridized carbons (Fsp3) is 0.462. The number of amides is 2. The Balaban J connectivity index is 0.914. The van der Waals surface area contributed by atoms with Gasteiger partial charge in [0.25, 0.3) is 11.5 Å². The third-order valence-electron chi connectivity index (χ3n) is 14.9. The van der Waals surface area contributed by atoms with Crippen LogP contribution < -0.4 is 31.3 Å². The molecule has 15 nitrogen and oxygen atoms in total. The molecule has 3 aliphatic heterocycles. The summed E-state index contributed by atoms with van der Waals surface area (Å²) < 4.78 is 45.2. The largest absolute Gasteiger partial charge is 0.399 e. The monoisotopic (exact) mass is 961 g/mol. The van der Waals surface area contributed by atoms with E-state index in [0.29, 0.717) is 65.8 Å². The molecule has 70 heavy (non-hydrogen) atoms. The molecule has 370 valence electrons. The first kappa shape index (κ1) is 48.5. The van der Waals surface area contributed by atoms with Crippen LogP contribution in [-0.4, -0.2) is 103 Å². The van der Waals surface area contributed by atoms with Gasteiger partial charge in [0.15, 0.2) is 5.82 Å². The van der Waals surface area contributed by atoms with Crippen molar-refractivity contribution in [2.75, 3.05) is 52.7 Å². The van der Waals surface area contributed by atoms with E-state index in [-0.39, 0.29) is 41.0 Å². The number of benzene rings is 1. The Morgan fingerprint density at radius 2 is 1.73 bits per heavy atom. The molecular formula is C52H62F3N11O4. The number of aromatic nitrogens is 5. The molecule has 9 rings (SSSR count). The van der Waals surface area contributed by atoms with Gasteiger partial charge in [0, 0.05) is 129 Å². The van der Waals surface area contributed by atoms with Crippen molar-refractivity contribution in [2.45, 2.75) is 110 Å². The third kappa shape index (κ3) is 9.06. The Hall–Kier alpha value is -6.53. The number of nitrogens with zero attached hydrogens (tertiary/aromatic N) is 9. The molecule has 1 unspecified atom stereocenters. The maximum absolute atomic E-state index is 14.1. The van der Waals surface area contributed by atoms with Gasteiger partial charge >= 0.3 is 6.18 Å². The number of aliphatic hydroxyl groups excluding tert-OH is 1. The van der Waals surface area contributed by atoms with Crippen molar-refractivity contribution >= 4 is 46.6 Å². The number of piperazine rings is 1. The van der Waals surface area contributed by atoms with Gasteiger partial charge in [0.1, 0.15) is 16.9 Å². The van der Waals surface area contributed by atoms with E-state index in [1.807, 2.05) is 24.3 Å².